The Balaban J connectivity index is 1.62. The van der Waals surface area contributed by atoms with Gasteiger partial charge in [0.05, 0.1) is 5.75 Å². The largest absolute Gasteiger partial charge is 0.335 e. The van der Waals surface area contributed by atoms with E-state index in [0.29, 0.717) is 16.5 Å². The molecule has 0 aliphatic heterocycles. The number of carbonyl (C=O) groups excluding carboxylic acids is 1. The van der Waals surface area contributed by atoms with E-state index >= 15 is 0 Å². The van der Waals surface area contributed by atoms with Gasteiger partial charge < -0.3 is 11.2 Å². The minimum Gasteiger partial charge on any atom is -0.335 e. The fourth-order valence-electron chi connectivity index (χ4n) is 2.37. The number of nitrogens with zero attached hydrogens (tertiary/aromatic N) is 3. The maximum absolute atomic E-state index is 13.0. The lowest BCUT2D eigenvalue weighted by Crippen LogP contribution is -2.16. The lowest BCUT2D eigenvalue weighted by Gasteiger charge is -2.07. The van der Waals surface area contributed by atoms with E-state index in [1.807, 2.05) is 24.3 Å². The third-order valence-corrected chi connectivity index (χ3v) is 4.66. The molecule has 0 saturated carbocycles. The van der Waals surface area contributed by atoms with E-state index in [-0.39, 0.29) is 17.5 Å². The van der Waals surface area contributed by atoms with Crippen molar-refractivity contribution in [3.63, 3.8) is 0 Å². The number of carbonyl (C=O) groups is 1. The third-order valence-electron chi connectivity index (χ3n) is 3.72. The number of aryl methyl sites for hydroxylation is 1. The quantitative estimate of drug-likeness (QED) is 0.514. The van der Waals surface area contributed by atoms with E-state index in [2.05, 4.69) is 22.4 Å². The number of aromatic nitrogens is 3. The minimum absolute atomic E-state index is 0.148. The normalized spacial score (nSPS) is 10.7. The molecule has 3 N–H and O–H groups in total. The molecule has 2 aromatic carbocycles. The number of rotatable bonds is 6. The van der Waals surface area contributed by atoms with Gasteiger partial charge in [-0.25, -0.2) is 9.07 Å². The van der Waals surface area contributed by atoms with Gasteiger partial charge in [0.1, 0.15) is 5.82 Å². The number of hydrogen-bond donors (Lipinski definition) is 2. The summed E-state index contributed by atoms with van der Waals surface area (Å²) in [6, 6.07) is 13.5. The average Bonchev–Trinajstić information content (AvgIpc) is 3.01. The van der Waals surface area contributed by atoms with Crippen LogP contribution in [0.1, 0.15) is 12.5 Å². The van der Waals surface area contributed by atoms with E-state index in [0.717, 1.165) is 17.7 Å². The molecular formula is C18H18FN5OS. The fraction of sp³-hybridized carbons (Fsp3) is 0.167. The molecule has 0 aliphatic rings. The standard InChI is InChI=1S/C18H18FN5OS/c1-2-12-4-3-5-15(10-12)21-16(25)11-26-18-23-22-17(24(18)20)13-6-8-14(19)9-7-13/h3-10H,2,11,20H2,1H3,(H,21,25). The van der Waals surface area contributed by atoms with Gasteiger partial charge in [0.25, 0.3) is 0 Å². The highest BCUT2D eigenvalue weighted by Crippen LogP contribution is 2.22. The van der Waals surface area contributed by atoms with Gasteiger partial charge in [-0.15, -0.1) is 10.2 Å². The van der Waals surface area contributed by atoms with Gasteiger partial charge in [0, 0.05) is 11.3 Å². The van der Waals surface area contributed by atoms with Gasteiger partial charge in [0.2, 0.25) is 11.1 Å². The molecule has 134 valence electrons. The smallest absolute Gasteiger partial charge is 0.234 e. The maximum Gasteiger partial charge on any atom is 0.234 e. The van der Waals surface area contributed by atoms with Crippen LogP contribution in [-0.2, 0) is 11.2 Å². The summed E-state index contributed by atoms with van der Waals surface area (Å²) in [7, 11) is 0. The molecule has 1 aromatic heterocycles. The van der Waals surface area contributed by atoms with Crippen molar-refractivity contribution in [2.45, 2.75) is 18.5 Å². The van der Waals surface area contributed by atoms with Gasteiger partial charge in [0.15, 0.2) is 5.82 Å². The van der Waals surface area contributed by atoms with Crippen molar-refractivity contribution in [1.29, 1.82) is 0 Å². The van der Waals surface area contributed by atoms with Crippen LogP contribution in [0.5, 0.6) is 0 Å². The molecule has 0 unspecified atom stereocenters. The number of hydrogen-bond acceptors (Lipinski definition) is 5. The van der Waals surface area contributed by atoms with Crippen LogP contribution in [0.15, 0.2) is 53.7 Å². The zero-order valence-electron chi connectivity index (χ0n) is 14.1. The van der Waals surface area contributed by atoms with E-state index in [1.54, 1.807) is 12.1 Å². The van der Waals surface area contributed by atoms with Gasteiger partial charge in [-0.3, -0.25) is 4.79 Å². The Morgan fingerprint density at radius 3 is 2.73 bits per heavy atom. The molecule has 0 spiro atoms. The molecule has 26 heavy (non-hydrogen) atoms. The second-order valence-corrected chi connectivity index (χ2v) is 6.52. The summed E-state index contributed by atoms with van der Waals surface area (Å²) >= 11 is 1.18. The molecule has 6 nitrogen and oxygen atoms in total. The maximum atomic E-state index is 13.0. The predicted molar refractivity (Wildman–Crippen MR) is 101 cm³/mol. The van der Waals surface area contributed by atoms with Crippen molar-refractivity contribution in [3.8, 4) is 11.4 Å². The van der Waals surface area contributed by atoms with E-state index in [1.165, 1.54) is 28.6 Å². The van der Waals surface area contributed by atoms with E-state index in [9.17, 15) is 9.18 Å². The SMILES string of the molecule is CCc1cccc(NC(=O)CSc2nnc(-c3ccc(F)cc3)n2N)c1. The van der Waals surface area contributed by atoms with Crippen molar-refractivity contribution in [2.24, 2.45) is 0 Å². The molecule has 1 amide bonds. The van der Waals surface area contributed by atoms with Crippen LogP contribution in [-0.4, -0.2) is 26.5 Å². The zero-order chi connectivity index (χ0) is 18.5. The van der Waals surface area contributed by atoms with Crippen LogP contribution < -0.4 is 11.2 Å². The van der Waals surface area contributed by atoms with Crippen LogP contribution in [0.4, 0.5) is 10.1 Å². The van der Waals surface area contributed by atoms with Gasteiger partial charge in [-0.1, -0.05) is 30.8 Å². The number of amides is 1. The first-order valence-electron chi connectivity index (χ1n) is 8.05. The Hall–Kier alpha value is -2.87. The minimum atomic E-state index is -0.338. The highest BCUT2D eigenvalue weighted by atomic mass is 32.2. The van der Waals surface area contributed by atoms with Crippen molar-refractivity contribution in [1.82, 2.24) is 14.9 Å². The van der Waals surface area contributed by atoms with E-state index < -0.39 is 0 Å². The Morgan fingerprint density at radius 1 is 1.23 bits per heavy atom. The summed E-state index contributed by atoms with van der Waals surface area (Å²) < 4.78 is 14.3. The molecule has 0 bridgehead atoms. The second kappa shape index (κ2) is 8.01. The van der Waals surface area contributed by atoms with Crippen LogP contribution in [0.3, 0.4) is 0 Å². The Kier molecular flexibility index (Phi) is 5.52. The average molecular weight is 371 g/mol. The molecule has 3 rings (SSSR count). The molecule has 0 atom stereocenters. The molecular weight excluding hydrogens is 353 g/mol. The molecule has 1 heterocycles. The van der Waals surface area contributed by atoms with Gasteiger partial charge in [-0.05, 0) is 48.4 Å². The first-order valence-corrected chi connectivity index (χ1v) is 9.03. The van der Waals surface area contributed by atoms with Crippen molar-refractivity contribution in [3.05, 3.63) is 59.9 Å². The van der Waals surface area contributed by atoms with Gasteiger partial charge in [-0.2, -0.15) is 0 Å². The summed E-state index contributed by atoms with van der Waals surface area (Å²) in [6.07, 6.45) is 0.904. The van der Waals surface area contributed by atoms with Crippen LogP contribution >= 0.6 is 11.8 Å². The van der Waals surface area contributed by atoms with E-state index in [4.69, 9.17) is 5.84 Å². The highest BCUT2D eigenvalue weighted by Gasteiger charge is 2.14. The Bertz CT molecular complexity index is 910. The van der Waals surface area contributed by atoms with Crippen LogP contribution in [0, 0.1) is 5.82 Å². The molecule has 0 saturated heterocycles. The fourth-order valence-corrected chi connectivity index (χ4v) is 3.02. The number of nitrogens with one attached hydrogen (secondary N) is 1. The molecule has 3 aromatic rings. The third kappa shape index (κ3) is 4.20. The number of nitrogens with two attached hydrogens (primary N) is 1. The number of anilines is 1. The summed E-state index contributed by atoms with van der Waals surface area (Å²) in [4.78, 5) is 12.1. The van der Waals surface area contributed by atoms with Crippen molar-refractivity contribution >= 4 is 23.4 Å². The molecule has 0 fully saturated rings. The lowest BCUT2D eigenvalue weighted by atomic mass is 10.1. The molecule has 8 heteroatoms. The summed E-state index contributed by atoms with van der Waals surface area (Å²) in [5, 5.41) is 11.3. The monoisotopic (exact) mass is 371 g/mol. The zero-order valence-corrected chi connectivity index (χ0v) is 15.0. The number of nitrogen functional groups attached to an aromatic ring is 1. The highest BCUT2D eigenvalue weighted by molar-refractivity contribution is 7.99. The second-order valence-electron chi connectivity index (χ2n) is 5.57. The first kappa shape index (κ1) is 17.9. The summed E-state index contributed by atoms with van der Waals surface area (Å²) in [5.41, 5.74) is 2.56. The van der Waals surface area contributed by atoms with Crippen molar-refractivity contribution < 1.29 is 9.18 Å². The number of halogens is 1. The Labute approximate surface area is 154 Å². The first-order chi connectivity index (χ1) is 12.6. The summed E-state index contributed by atoms with van der Waals surface area (Å²) in [5.74, 6) is 6.05. The number of thioether (sulfide) groups is 1. The molecule has 0 aliphatic carbocycles. The lowest BCUT2D eigenvalue weighted by molar-refractivity contribution is -0.113. The Morgan fingerprint density at radius 2 is 2.00 bits per heavy atom. The number of benzene rings is 2. The summed E-state index contributed by atoms with van der Waals surface area (Å²) in [6.45, 7) is 2.06. The van der Waals surface area contributed by atoms with Gasteiger partial charge >= 0.3 is 0 Å². The topological polar surface area (TPSA) is 85.8 Å². The molecule has 0 radical (unpaired) electrons. The van der Waals surface area contributed by atoms with Crippen LogP contribution in [0.2, 0.25) is 0 Å². The predicted octanol–water partition coefficient (Wildman–Crippen LogP) is 3.09. The van der Waals surface area contributed by atoms with Crippen LogP contribution in [0.25, 0.3) is 11.4 Å². The van der Waals surface area contributed by atoms with Crippen molar-refractivity contribution in [2.75, 3.05) is 16.9 Å².